The lowest BCUT2D eigenvalue weighted by Gasteiger charge is -2.29. The van der Waals surface area contributed by atoms with Gasteiger partial charge >= 0.3 is 0 Å². The number of ether oxygens (including phenoxy) is 1. The van der Waals surface area contributed by atoms with E-state index in [0.717, 1.165) is 16.2 Å². The van der Waals surface area contributed by atoms with E-state index in [9.17, 15) is 9.59 Å². The molecule has 0 saturated carbocycles. The van der Waals surface area contributed by atoms with Crippen molar-refractivity contribution in [3.05, 3.63) is 60.2 Å². The van der Waals surface area contributed by atoms with E-state index < -0.39 is 6.04 Å². The Labute approximate surface area is 171 Å². The highest BCUT2D eigenvalue weighted by molar-refractivity contribution is 8.00. The highest BCUT2D eigenvalue weighted by Crippen LogP contribution is 2.20. The monoisotopic (exact) mass is 400 g/mol. The first-order valence-corrected chi connectivity index (χ1v) is 10.3. The minimum Gasteiger partial charge on any atom is -0.497 e. The van der Waals surface area contributed by atoms with Gasteiger partial charge in [-0.2, -0.15) is 0 Å². The van der Waals surface area contributed by atoms with Crippen LogP contribution in [0.3, 0.4) is 0 Å². The van der Waals surface area contributed by atoms with Crippen molar-refractivity contribution in [1.82, 2.24) is 10.2 Å². The molecule has 0 aliphatic rings. The molecule has 1 atom stereocenters. The molecule has 2 aromatic carbocycles. The van der Waals surface area contributed by atoms with Crippen LogP contribution in [0.5, 0.6) is 5.75 Å². The molecular weight excluding hydrogens is 372 g/mol. The molecule has 0 aliphatic carbocycles. The molecule has 0 saturated heterocycles. The minimum absolute atomic E-state index is 0.0161. The summed E-state index contributed by atoms with van der Waals surface area (Å²) in [4.78, 5) is 28.2. The molecule has 0 aromatic heterocycles. The number of carbonyl (C=O) groups excluding carboxylic acids is 2. The first-order chi connectivity index (χ1) is 13.4. The van der Waals surface area contributed by atoms with E-state index in [0.29, 0.717) is 6.54 Å². The number of benzene rings is 2. The van der Waals surface area contributed by atoms with Gasteiger partial charge in [0.1, 0.15) is 11.8 Å². The van der Waals surface area contributed by atoms with Gasteiger partial charge < -0.3 is 15.0 Å². The largest absolute Gasteiger partial charge is 0.497 e. The van der Waals surface area contributed by atoms with Gasteiger partial charge in [0, 0.05) is 17.5 Å². The first-order valence-electron chi connectivity index (χ1n) is 9.31. The summed E-state index contributed by atoms with van der Waals surface area (Å²) in [6.45, 7) is 5.93. The zero-order chi connectivity index (χ0) is 20.5. The molecule has 0 spiro atoms. The summed E-state index contributed by atoms with van der Waals surface area (Å²) in [7, 11) is 1.61. The zero-order valence-corrected chi connectivity index (χ0v) is 17.7. The van der Waals surface area contributed by atoms with Crippen LogP contribution in [-0.4, -0.2) is 41.7 Å². The lowest BCUT2D eigenvalue weighted by molar-refractivity contribution is -0.138. The molecule has 28 heavy (non-hydrogen) atoms. The number of thioether (sulfide) groups is 1. The first kappa shape index (κ1) is 21.8. The van der Waals surface area contributed by atoms with E-state index in [1.54, 1.807) is 18.9 Å². The maximum absolute atomic E-state index is 13.0. The summed E-state index contributed by atoms with van der Waals surface area (Å²) in [5, 5.41) is 2.90. The quantitative estimate of drug-likeness (QED) is 0.652. The number of nitrogens with zero attached hydrogens (tertiary/aromatic N) is 1. The molecule has 0 aliphatic heterocycles. The molecule has 2 rings (SSSR count). The summed E-state index contributed by atoms with van der Waals surface area (Å²) in [6, 6.07) is 16.8. The van der Waals surface area contributed by atoms with Gasteiger partial charge in [-0.1, -0.05) is 30.3 Å². The third-order valence-electron chi connectivity index (χ3n) is 4.19. The summed E-state index contributed by atoms with van der Waals surface area (Å²) >= 11 is 1.47. The molecule has 2 amide bonds. The van der Waals surface area contributed by atoms with E-state index >= 15 is 0 Å². The zero-order valence-electron chi connectivity index (χ0n) is 16.8. The number of rotatable bonds is 9. The highest BCUT2D eigenvalue weighted by Gasteiger charge is 2.26. The van der Waals surface area contributed by atoms with Crippen molar-refractivity contribution in [3.63, 3.8) is 0 Å². The fraction of sp³-hybridized carbons (Fsp3) is 0.364. The Morgan fingerprint density at radius 1 is 1.07 bits per heavy atom. The smallest absolute Gasteiger partial charge is 0.242 e. The molecule has 1 N–H and O–H groups in total. The van der Waals surface area contributed by atoms with Crippen LogP contribution in [-0.2, 0) is 16.1 Å². The Bertz CT molecular complexity index is 780. The maximum atomic E-state index is 13.0. The van der Waals surface area contributed by atoms with Gasteiger partial charge in [0.25, 0.3) is 0 Å². The van der Waals surface area contributed by atoms with Gasteiger partial charge in [0.05, 0.1) is 12.9 Å². The topological polar surface area (TPSA) is 58.6 Å². The third kappa shape index (κ3) is 6.60. The SMILES string of the molecule is COc1cccc(CN(C(=O)CSc2ccccc2)[C@H](C)C(=O)NC(C)C)c1. The second-order valence-electron chi connectivity index (χ2n) is 6.81. The molecule has 5 nitrogen and oxygen atoms in total. The summed E-state index contributed by atoms with van der Waals surface area (Å²) in [5.74, 6) is 0.759. The van der Waals surface area contributed by atoms with Crippen LogP contribution in [0.2, 0.25) is 0 Å². The van der Waals surface area contributed by atoms with E-state index in [1.165, 1.54) is 11.8 Å². The van der Waals surface area contributed by atoms with Crippen molar-refractivity contribution in [1.29, 1.82) is 0 Å². The highest BCUT2D eigenvalue weighted by atomic mass is 32.2. The van der Waals surface area contributed by atoms with Crippen LogP contribution >= 0.6 is 11.8 Å². The number of hydrogen-bond donors (Lipinski definition) is 1. The number of carbonyl (C=O) groups is 2. The van der Waals surface area contributed by atoms with Crippen LogP contribution in [0, 0.1) is 0 Å². The van der Waals surface area contributed by atoms with Gasteiger partial charge in [-0.3, -0.25) is 9.59 Å². The third-order valence-corrected chi connectivity index (χ3v) is 5.19. The Morgan fingerprint density at radius 3 is 2.43 bits per heavy atom. The molecule has 0 fully saturated rings. The van der Waals surface area contributed by atoms with Crippen molar-refractivity contribution < 1.29 is 14.3 Å². The molecule has 0 radical (unpaired) electrons. The van der Waals surface area contributed by atoms with Crippen molar-refractivity contribution in [2.75, 3.05) is 12.9 Å². The number of hydrogen-bond acceptors (Lipinski definition) is 4. The lowest BCUT2D eigenvalue weighted by Crippen LogP contribution is -2.49. The molecule has 0 heterocycles. The van der Waals surface area contributed by atoms with Crippen LogP contribution in [0.1, 0.15) is 26.3 Å². The van der Waals surface area contributed by atoms with Gasteiger partial charge in [-0.15, -0.1) is 11.8 Å². The minimum atomic E-state index is -0.572. The number of amides is 2. The Morgan fingerprint density at radius 2 is 1.79 bits per heavy atom. The maximum Gasteiger partial charge on any atom is 0.242 e. The fourth-order valence-electron chi connectivity index (χ4n) is 2.70. The lowest BCUT2D eigenvalue weighted by atomic mass is 10.1. The van der Waals surface area contributed by atoms with Gasteiger partial charge in [-0.05, 0) is 50.6 Å². The van der Waals surface area contributed by atoms with Crippen molar-refractivity contribution >= 4 is 23.6 Å². The summed E-state index contributed by atoms with van der Waals surface area (Å²) < 4.78 is 5.28. The van der Waals surface area contributed by atoms with Crippen LogP contribution in [0.4, 0.5) is 0 Å². The Hall–Kier alpha value is -2.47. The van der Waals surface area contributed by atoms with E-state index in [-0.39, 0.29) is 23.6 Å². The molecule has 150 valence electrons. The fourth-order valence-corrected chi connectivity index (χ4v) is 3.51. The van der Waals surface area contributed by atoms with E-state index in [4.69, 9.17) is 4.74 Å². The molecule has 6 heteroatoms. The molecule has 0 unspecified atom stereocenters. The predicted molar refractivity (Wildman–Crippen MR) is 113 cm³/mol. The molecule has 0 bridgehead atoms. The number of nitrogens with one attached hydrogen (secondary N) is 1. The van der Waals surface area contributed by atoms with Crippen LogP contribution in [0.15, 0.2) is 59.5 Å². The second-order valence-corrected chi connectivity index (χ2v) is 7.86. The van der Waals surface area contributed by atoms with Crippen LogP contribution in [0.25, 0.3) is 0 Å². The Balaban J connectivity index is 2.16. The molecular formula is C22H28N2O3S. The van der Waals surface area contributed by atoms with Crippen LogP contribution < -0.4 is 10.1 Å². The summed E-state index contributed by atoms with van der Waals surface area (Å²) in [6.07, 6.45) is 0. The van der Waals surface area contributed by atoms with Gasteiger partial charge in [-0.25, -0.2) is 0 Å². The van der Waals surface area contributed by atoms with Crippen molar-refractivity contribution in [3.8, 4) is 5.75 Å². The summed E-state index contributed by atoms with van der Waals surface area (Å²) in [5.41, 5.74) is 0.918. The normalized spacial score (nSPS) is 11.8. The van der Waals surface area contributed by atoms with E-state index in [1.807, 2.05) is 68.4 Å². The average Bonchev–Trinajstić information content (AvgIpc) is 2.70. The Kier molecular flexibility index (Phi) is 8.39. The average molecular weight is 401 g/mol. The van der Waals surface area contributed by atoms with Crippen molar-refractivity contribution in [2.24, 2.45) is 0 Å². The standard InChI is InChI=1S/C22H28N2O3S/c1-16(2)23-22(26)17(3)24(14-18-9-8-10-19(13-18)27-4)21(25)15-28-20-11-6-5-7-12-20/h5-13,16-17H,14-15H2,1-4H3,(H,23,26)/t17-/m1/s1. The second kappa shape index (κ2) is 10.8. The van der Waals surface area contributed by atoms with Crippen molar-refractivity contribution in [2.45, 2.75) is 44.3 Å². The predicted octanol–water partition coefficient (Wildman–Crippen LogP) is 3.73. The van der Waals surface area contributed by atoms with E-state index in [2.05, 4.69) is 5.32 Å². The number of methoxy groups -OCH3 is 1. The molecule has 2 aromatic rings. The van der Waals surface area contributed by atoms with Gasteiger partial charge in [0.2, 0.25) is 11.8 Å². The van der Waals surface area contributed by atoms with Gasteiger partial charge in [0.15, 0.2) is 0 Å².